The second kappa shape index (κ2) is 4.57. The average Bonchev–Trinajstić information content (AvgIpc) is 2.96. The van der Waals surface area contributed by atoms with Crippen LogP contribution in [0.25, 0.3) is 0 Å². The second-order valence-electron chi connectivity index (χ2n) is 5.16. The molecule has 5 nitrogen and oxygen atoms in total. The molecule has 1 aromatic heterocycles. The Labute approximate surface area is 116 Å². The highest BCUT2D eigenvalue weighted by atomic mass is 32.2. The molecule has 0 radical (unpaired) electrons. The second-order valence-corrected chi connectivity index (χ2v) is 8.39. The van der Waals surface area contributed by atoms with Gasteiger partial charge in [0.25, 0.3) is 0 Å². The highest BCUT2D eigenvalue weighted by Gasteiger charge is 2.40. The molecule has 0 spiro atoms. The van der Waals surface area contributed by atoms with Crippen LogP contribution in [0.1, 0.15) is 24.1 Å². The molecule has 1 saturated heterocycles. The van der Waals surface area contributed by atoms with Crippen LogP contribution in [0.15, 0.2) is 16.3 Å². The monoisotopic (exact) mass is 300 g/mol. The van der Waals surface area contributed by atoms with E-state index in [9.17, 15) is 13.2 Å². The Bertz CT molecular complexity index is 604. The van der Waals surface area contributed by atoms with Crippen molar-refractivity contribution >= 4 is 27.3 Å². The Morgan fingerprint density at radius 3 is 2.68 bits per heavy atom. The maximum atomic E-state index is 12.2. The van der Waals surface area contributed by atoms with Crippen molar-refractivity contribution < 1.29 is 13.2 Å². The maximum absolute atomic E-state index is 12.2. The third kappa shape index (κ3) is 2.68. The molecule has 7 heteroatoms. The van der Waals surface area contributed by atoms with Gasteiger partial charge in [0.2, 0.25) is 15.9 Å². The van der Waals surface area contributed by atoms with E-state index in [2.05, 4.69) is 4.72 Å². The first-order chi connectivity index (χ1) is 8.95. The van der Waals surface area contributed by atoms with Gasteiger partial charge in [0.15, 0.2) is 0 Å². The molecule has 1 aliphatic heterocycles. The molecule has 1 saturated carbocycles. The molecule has 2 fully saturated rings. The zero-order valence-electron chi connectivity index (χ0n) is 10.6. The van der Waals surface area contributed by atoms with E-state index >= 15 is 0 Å². The number of nitrogens with zero attached hydrogens (tertiary/aromatic N) is 1. The van der Waals surface area contributed by atoms with Crippen molar-refractivity contribution in [2.24, 2.45) is 0 Å². The first-order valence-corrected chi connectivity index (χ1v) is 8.64. The molecule has 0 bridgehead atoms. The predicted molar refractivity (Wildman–Crippen MR) is 72.5 cm³/mol. The van der Waals surface area contributed by atoms with Crippen molar-refractivity contribution in [3.05, 3.63) is 17.0 Å². The van der Waals surface area contributed by atoms with E-state index in [1.807, 2.05) is 11.8 Å². The van der Waals surface area contributed by atoms with E-state index in [0.717, 1.165) is 17.7 Å². The number of thiophene rings is 1. The molecule has 2 aliphatic rings. The van der Waals surface area contributed by atoms with Gasteiger partial charge in [-0.2, -0.15) is 0 Å². The van der Waals surface area contributed by atoms with Gasteiger partial charge in [-0.3, -0.25) is 4.79 Å². The van der Waals surface area contributed by atoms with Gasteiger partial charge in [-0.1, -0.05) is 0 Å². The zero-order chi connectivity index (χ0) is 13.6. The van der Waals surface area contributed by atoms with E-state index in [1.165, 1.54) is 11.3 Å². The van der Waals surface area contributed by atoms with Crippen LogP contribution in [0.4, 0.5) is 0 Å². The van der Waals surface area contributed by atoms with Gasteiger partial charge < -0.3 is 4.90 Å². The molecule has 0 unspecified atom stereocenters. The fourth-order valence-corrected chi connectivity index (χ4v) is 4.91. The number of nitrogens with one attached hydrogen (secondary N) is 1. The SMILES string of the molecule is Cc1ccc(S(=O)(=O)N[C@@H]2CC(=O)N(C3CC3)C2)s1. The smallest absolute Gasteiger partial charge is 0.250 e. The van der Waals surface area contributed by atoms with E-state index in [-0.39, 0.29) is 18.4 Å². The molecule has 1 amide bonds. The van der Waals surface area contributed by atoms with Gasteiger partial charge in [0, 0.05) is 29.9 Å². The summed E-state index contributed by atoms with van der Waals surface area (Å²) in [6.45, 7) is 2.38. The Kier molecular flexibility index (Phi) is 3.15. The lowest BCUT2D eigenvalue weighted by atomic mass is 10.3. The third-order valence-corrected chi connectivity index (χ3v) is 6.46. The molecule has 3 rings (SSSR count). The van der Waals surface area contributed by atoms with Crippen LogP contribution in [-0.2, 0) is 14.8 Å². The Hall–Kier alpha value is -0.920. The van der Waals surface area contributed by atoms with Gasteiger partial charge >= 0.3 is 0 Å². The van der Waals surface area contributed by atoms with E-state index < -0.39 is 10.0 Å². The van der Waals surface area contributed by atoms with Crippen molar-refractivity contribution in [1.82, 2.24) is 9.62 Å². The van der Waals surface area contributed by atoms with Gasteiger partial charge in [0.05, 0.1) is 0 Å². The average molecular weight is 300 g/mol. The Morgan fingerprint density at radius 1 is 1.37 bits per heavy atom. The largest absolute Gasteiger partial charge is 0.338 e. The molecule has 2 heterocycles. The van der Waals surface area contributed by atoms with Crippen LogP contribution in [0.3, 0.4) is 0 Å². The van der Waals surface area contributed by atoms with Crippen LogP contribution in [0.2, 0.25) is 0 Å². The predicted octanol–water partition coefficient (Wildman–Crippen LogP) is 1.10. The highest BCUT2D eigenvalue weighted by molar-refractivity contribution is 7.91. The Morgan fingerprint density at radius 2 is 2.11 bits per heavy atom. The normalized spacial score (nSPS) is 24.2. The fraction of sp³-hybridized carbons (Fsp3) is 0.583. The number of carbonyl (C=O) groups excluding carboxylic acids is 1. The van der Waals surface area contributed by atoms with Gasteiger partial charge in [0.1, 0.15) is 4.21 Å². The number of carbonyl (C=O) groups is 1. The summed E-state index contributed by atoms with van der Waals surface area (Å²) in [5.74, 6) is 0.0672. The third-order valence-electron chi connectivity index (χ3n) is 3.45. The molecule has 1 aromatic rings. The first-order valence-electron chi connectivity index (χ1n) is 6.34. The van der Waals surface area contributed by atoms with Crippen LogP contribution in [-0.4, -0.2) is 37.9 Å². The van der Waals surface area contributed by atoms with Gasteiger partial charge in [-0.05, 0) is 31.9 Å². The molecular formula is C12H16N2O3S2. The highest BCUT2D eigenvalue weighted by Crippen LogP contribution is 2.31. The first kappa shape index (κ1) is 13.1. The zero-order valence-corrected chi connectivity index (χ0v) is 12.3. The molecule has 1 atom stereocenters. The summed E-state index contributed by atoms with van der Waals surface area (Å²) in [6.07, 6.45) is 2.38. The molecule has 104 valence electrons. The maximum Gasteiger partial charge on any atom is 0.250 e. The lowest BCUT2D eigenvalue weighted by molar-refractivity contribution is -0.128. The number of hydrogen-bond acceptors (Lipinski definition) is 4. The van der Waals surface area contributed by atoms with Crippen LogP contribution >= 0.6 is 11.3 Å². The molecule has 1 aliphatic carbocycles. The molecule has 0 aromatic carbocycles. The lowest BCUT2D eigenvalue weighted by Gasteiger charge is -2.15. The number of amides is 1. The lowest BCUT2D eigenvalue weighted by Crippen LogP contribution is -2.37. The topological polar surface area (TPSA) is 66.5 Å². The summed E-state index contributed by atoms with van der Waals surface area (Å²) in [5, 5.41) is 0. The van der Waals surface area contributed by atoms with Crippen molar-refractivity contribution in [3.63, 3.8) is 0 Å². The minimum absolute atomic E-state index is 0.0672. The van der Waals surface area contributed by atoms with Crippen molar-refractivity contribution in [2.75, 3.05) is 6.54 Å². The standard InChI is InChI=1S/C12H16N2O3S2/c1-8-2-5-12(18-8)19(16,17)13-9-6-11(15)14(7-9)10-3-4-10/h2,5,9-10,13H,3-4,6-7H2,1H3/t9-/m1/s1. The molecule has 1 N–H and O–H groups in total. The van der Waals surface area contributed by atoms with Gasteiger partial charge in [-0.25, -0.2) is 13.1 Å². The quantitative estimate of drug-likeness (QED) is 0.905. The minimum Gasteiger partial charge on any atom is -0.338 e. The number of hydrogen-bond donors (Lipinski definition) is 1. The van der Waals surface area contributed by atoms with Crippen LogP contribution < -0.4 is 4.72 Å². The van der Waals surface area contributed by atoms with Crippen molar-refractivity contribution in [2.45, 2.75) is 42.5 Å². The number of aryl methyl sites for hydroxylation is 1. The molecular weight excluding hydrogens is 284 g/mol. The fourth-order valence-electron chi connectivity index (χ4n) is 2.38. The summed E-state index contributed by atoms with van der Waals surface area (Å²) in [5.41, 5.74) is 0. The Balaban J connectivity index is 1.70. The summed E-state index contributed by atoms with van der Waals surface area (Å²) in [7, 11) is -3.49. The van der Waals surface area contributed by atoms with Crippen molar-refractivity contribution in [3.8, 4) is 0 Å². The summed E-state index contributed by atoms with van der Waals surface area (Å²) >= 11 is 1.25. The summed E-state index contributed by atoms with van der Waals surface area (Å²) in [6, 6.07) is 3.46. The van der Waals surface area contributed by atoms with Crippen LogP contribution in [0.5, 0.6) is 0 Å². The minimum atomic E-state index is -3.49. The van der Waals surface area contributed by atoms with Crippen LogP contribution in [0, 0.1) is 6.92 Å². The van der Waals surface area contributed by atoms with E-state index in [4.69, 9.17) is 0 Å². The summed E-state index contributed by atoms with van der Waals surface area (Å²) in [4.78, 5) is 14.6. The van der Waals surface area contributed by atoms with E-state index in [1.54, 1.807) is 12.1 Å². The number of sulfonamides is 1. The number of likely N-dealkylation sites (tertiary alicyclic amines) is 1. The summed E-state index contributed by atoms with van der Waals surface area (Å²) < 4.78 is 27.3. The van der Waals surface area contributed by atoms with Crippen molar-refractivity contribution in [1.29, 1.82) is 0 Å². The molecule has 19 heavy (non-hydrogen) atoms. The number of rotatable bonds is 4. The van der Waals surface area contributed by atoms with E-state index in [0.29, 0.717) is 16.8 Å². The van der Waals surface area contributed by atoms with Gasteiger partial charge in [-0.15, -0.1) is 11.3 Å².